The molecule has 0 aliphatic rings. The lowest BCUT2D eigenvalue weighted by Gasteiger charge is -2.14. The van der Waals surface area contributed by atoms with Gasteiger partial charge in [0.1, 0.15) is 0 Å². The first-order chi connectivity index (χ1) is 12.5. The minimum absolute atomic E-state index is 0.0199. The summed E-state index contributed by atoms with van der Waals surface area (Å²) in [7, 11) is 0. The van der Waals surface area contributed by atoms with E-state index in [0.717, 1.165) is 36.1 Å². The van der Waals surface area contributed by atoms with Gasteiger partial charge in [-0.2, -0.15) is 0 Å². The lowest BCUT2D eigenvalue weighted by Crippen LogP contribution is -2.21. The summed E-state index contributed by atoms with van der Waals surface area (Å²) in [5, 5.41) is 5.93. The van der Waals surface area contributed by atoms with E-state index >= 15 is 0 Å². The maximum Gasteiger partial charge on any atom is 0.255 e. The van der Waals surface area contributed by atoms with Crippen molar-refractivity contribution in [2.75, 3.05) is 10.6 Å². The minimum atomic E-state index is -0.146. The number of anilines is 2. The third-order valence-corrected chi connectivity index (χ3v) is 4.75. The van der Waals surface area contributed by atoms with Crippen LogP contribution in [0.25, 0.3) is 0 Å². The Morgan fingerprint density at radius 2 is 1.58 bits per heavy atom. The third kappa shape index (κ3) is 4.72. The number of aryl methyl sites for hydroxylation is 2. The molecule has 0 unspecified atom stereocenters. The molecule has 0 aliphatic heterocycles. The van der Waals surface area contributed by atoms with Gasteiger partial charge in [0.2, 0.25) is 5.91 Å². The van der Waals surface area contributed by atoms with Gasteiger partial charge in [-0.05, 0) is 61.6 Å². The Morgan fingerprint density at radius 1 is 0.923 bits per heavy atom. The van der Waals surface area contributed by atoms with E-state index in [-0.39, 0.29) is 17.7 Å². The van der Waals surface area contributed by atoms with Crippen molar-refractivity contribution in [2.24, 2.45) is 5.92 Å². The summed E-state index contributed by atoms with van der Waals surface area (Å²) in [4.78, 5) is 24.7. The molecule has 2 aromatic rings. The van der Waals surface area contributed by atoms with E-state index in [1.807, 2.05) is 39.0 Å². The van der Waals surface area contributed by atoms with Crippen LogP contribution < -0.4 is 10.6 Å². The highest BCUT2D eigenvalue weighted by molar-refractivity contribution is 6.05. The van der Waals surface area contributed by atoms with E-state index in [1.165, 1.54) is 0 Å². The number of nitrogens with one attached hydrogen (secondary N) is 2. The molecule has 0 aliphatic carbocycles. The van der Waals surface area contributed by atoms with E-state index in [0.29, 0.717) is 11.3 Å². The van der Waals surface area contributed by atoms with Gasteiger partial charge in [0, 0.05) is 22.9 Å². The van der Waals surface area contributed by atoms with Crippen molar-refractivity contribution in [3.63, 3.8) is 0 Å². The Kier molecular flexibility index (Phi) is 6.96. The van der Waals surface area contributed by atoms with Gasteiger partial charge in [-0.3, -0.25) is 9.59 Å². The molecule has 26 heavy (non-hydrogen) atoms. The number of rotatable bonds is 7. The largest absolute Gasteiger partial charge is 0.326 e. The van der Waals surface area contributed by atoms with Crippen molar-refractivity contribution in [3.8, 4) is 0 Å². The van der Waals surface area contributed by atoms with Gasteiger partial charge in [0.25, 0.3) is 5.91 Å². The van der Waals surface area contributed by atoms with Crippen molar-refractivity contribution >= 4 is 23.2 Å². The average molecular weight is 352 g/mol. The third-order valence-electron chi connectivity index (χ3n) is 4.75. The molecule has 4 heteroatoms. The van der Waals surface area contributed by atoms with E-state index < -0.39 is 0 Å². The zero-order chi connectivity index (χ0) is 19.1. The fraction of sp³-hybridized carbons (Fsp3) is 0.364. The van der Waals surface area contributed by atoms with Crippen LogP contribution in [0.4, 0.5) is 11.4 Å². The number of carbonyl (C=O) groups excluding carboxylic acids is 2. The average Bonchev–Trinajstić information content (AvgIpc) is 2.64. The van der Waals surface area contributed by atoms with Crippen LogP contribution in [0.3, 0.4) is 0 Å². The van der Waals surface area contributed by atoms with Gasteiger partial charge in [-0.25, -0.2) is 0 Å². The van der Waals surface area contributed by atoms with Crippen LogP contribution in [-0.4, -0.2) is 11.8 Å². The minimum Gasteiger partial charge on any atom is -0.326 e. The van der Waals surface area contributed by atoms with E-state index in [1.54, 1.807) is 24.3 Å². The molecule has 2 aromatic carbocycles. The van der Waals surface area contributed by atoms with E-state index in [2.05, 4.69) is 17.6 Å². The number of carbonyl (C=O) groups is 2. The lowest BCUT2D eigenvalue weighted by atomic mass is 10.0. The second-order valence-corrected chi connectivity index (χ2v) is 6.50. The topological polar surface area (TPSA) is 58.2 Å². The summed E-state index contributed by atoms with van der Waals surface area (Å²) in [6.07, 6.45) is 2.50. The molecule has 0 saturated carbocycles. The van der Waals surface area contributed by atoms with E-state index in [4.69, 9.17) is 0 Å². The Balaban J connectivity index is 2.09. The van der Waals surface area contributed by atoms with Crippen LogP contribution >= 0.6 is 0 Å². The van der Waals surface area contributed by atoms with Gasteiger partial charge in [0.05, 0.1) is 0 Å². The maximum absolute atomic E-state index is 12.6. The lowest BCUT2D eigenvalue weighted by molar-refractivity contribution is -0.120. The predicted octanol–water partition coefficient (Wildman–Crippen LogP) is 5.18. The fourth-order valence-corrected chi connectivity index (χ4v) is 3.00. The standard InChI is InChI=1S/C22H28N2O2/c1-5-16(6-2)21(25)23-19-13-11-18(12-14-19)22(26)24-20-15(4)9-8-10-17(20)7-3/h8-14,16H,5-7H2,1-4H3,(H,23,25)(H,24,26). The molecule has 0 atom stereocenters. The first-order valence-electron chi connectivity index (χ1n) is 9.30. The monoisotopic (exact) mass is 352 g/mol. The molecule has 0 fully saturated rings. The maximum atomic E-state index is 12.6. The molecule has 0 aromatic heterocycles. The van der Waals surface area contributed by atoms with Crippen molar-refractivity contribution in [1.29, 1.82) is 0 Å². The zero-order valence-electron chi connectivity index (χ0n) is 16.1. The molecule has 2 amide bonds. The number of hydrogen-bond donors (Lipinski definition) is 2. The molecule has 0 saturated heterocycles. The molecule has 4 nitrogen and oxygen atoms in total. The van der Waals surface area contributed by atoms with Gasteiger partial charge in [-0.15, -0.1) is 0 Å². The van der Waals surface area contributed by atoms with Gasteiger partial charge in [0.15, 0.2) is 0 Å². The second kappa shape index (κ2) is 9.18. The van der Waals surface area contributed by atoms with Crippen LogP contribution in [0.5, 0.6) is 0 Å². The van der Waals surface area contributed by atoms with Crippen molar-refractivity contribution in [1.82, 2.24) is 0 Å². The van der Waals surface area contributed by atoms with Crippen LogP contribution in [0, 0.1) is 12.8 Å². The highest BCUT2D eigenvalue weighted by atomic mass is 16.2. The van der Waals surface area contributed by atoms with Crippen molar-refractivity contribution < 1.29 is 9.59 Å². The predicted molar refractivity (Wildman–Crippen MR) is 108 cm³/mol. The van der Waals surface area contributed by atoms with Crippen LogP contribution in [0.1, 0.15) is 55.1 Å². The first-order valence-corrected chi connectivity index (χ1v) is 9.30. The smallest absolute Gasteiger partial charge is 0.255 e. The molecule has 0 radical (unpaired) electrons. The number of benzene rings is 2. The Labute approximate surface area is 156 Å². The van der Waals surface area contributed by atoms with Crippen molar-refractivity contribution in [2.45, 2.75) is 47.0 Å². The Hall–Kier alpha value is -2.62. The van der Waals surface area contributed by atoms with Crippen LogP contribution in [-0.2, 0) is 11.2 Å². The van der Waals surface area contributed by atoms with Gasteiger partial charge < -0.3 is 10.6 Å². The highest BCUT2D eigenvalue weighted by Gasteiger charge is 2.15. The molecule has 0 heterocycles. The molecule has 2 rings (SSSR count). The normalized spacial score (nSPS) is 10.7. The summed E-state index contributed by atoms with van der Waals surface area (Å²) in [5.41, 5.74) is 4.32. The Morgan fingerprint density at radius 3 is 2.15 bits per heavy atom. The summed E-state index contributed by atoms with van der Waals surface area (Å²) in [6.45, 7) is 8.08. The summed E-state index contributed by atoms with van der Waals surface area (Å²) < 4.78 is 0. The Bertz CT molecular complexity index is 762. The molecule has 138 valence electrons. The van der Waals surface area contributed by atoms with Gasteiger partial charge in [-0.1, -0.05) is 39.0 Å². The number of amides is 2. The first kappa shape index (κ1) is 19.7. The molecule has 0 spiro atoms. The second-order valence-electron chi connectivity index (χ2n) is 6.50. The summed E-state index contributed by atoms with van der Waals surface area (Å²) in [5.74, 6) is -0.0990. The van der Waals surface area contributed by atoms with Crippen LogP contribution in [0.2, 0.25) is 0 Å². The molecular formula is C22H28N2O2. The number of hydrogen-bond acceptors (Lipinski definition) is 2. The zero-order valence-corrected chi connectivity index (χ0v) is 16.1. The molecular weight excluding hydrogens is 324 g/mol. The quantitative estimate of drug-likeness (QED) is 0.721. The summed E-state index contributed by atoms with van der Waals surface area (Å²) >= 11 is 0. The summed E-state index contributed by atoms with van der Waals surface area (Å²) in [6, 6.07) is 13.0. The van der Waals surface area contributed by atoms with Crippen molar-refractivity contribution in [3.05, 3.63) is 59.2 Å². The molecule has 0 bridgehead atoms. The SMILES string of the molecule is CCc1cccc(C)c1NC(=O)c1ccc(NC(=O)C(CC)CC)cc1. The fourth-order valence-electron chi connectivity index (χ4n) is 3.00. The van der Waals surface area contributed by atoms with Crippen LogP contribution in [0.15, 0.2) is 42.5 Å². The van der Waals surface area contributed by atoms with E-state index in [9.17, 15) is 9.59 Å². The highest BCUT2D eigenvalue weighted by Crippen LogP contribution is 2.22. The molecule has 2 N–H and O–H groups in total. The number of para-hydroxylation sites is 1. The van der Waals surface area contributed by atoms with Gasteiger partial charge >= 0.3 is 0 Å².